The third-order valence-electron chi connectivity index (χ3n) is 3.69. The largest absolute Gasteiger partial charge is 0.308 e. The summed E-state index contributed by atoms with van der Waals surface area (Å²) in [5, 5.41) is 3.05. The fourth-order valence-corrected chi connectivity index (χ4v) is 3.92. The van der Waals surface area contributed by atoms with Crippen molar-refractivity contribution in [3.8, 4) is 0 Å². The standard InChI is InChI=1S/C15H23NO2S/c1-11(2)8-13-4-6-14(7-5-13)15-10-19(17,18)12(3)9-16-15/h4-7,11-12,15-16H,8-10H2,1-3H3. The second kappa shape index (κ2) is 5.63. The van der Waals surface area contributed by atoms with Crippen molar-refractivity contribution < 1.29 is 8.42 Å². The van der Waals surface area contributed by atoms with E-state index in [2.05, 4.69) is 43.4 Å². The summed E-state index contributed by atoms with van der Waals surface area (Å²) in [6.45, 7) is 6.71. The smallest absolute Gasteiger partial charge is 0.156 e. The summed E-state index contributed by atoms with van der Waals surface area (Å²) in [5.41, 5.74) is 2.38. The molecule has 1 aromatic rings. The Kier molecular flexibility index (Phi) is 4.31. The van der Waals surface area contributed by atoms with Gasteiger partial charge in [0.25, 0.3) is 0 Å². The molecule has 1 heterocycles. The molecule has 1 saturated heterocycles. The Morgan fingerprint density at radius 3 is 2.42 bits per heavy atom. The number of rotatable bonds is 3. The summed E-state index contributed by atoms with van der Waals surface area (Å²) in [5.74, 6) is 0.845. The molecule has 1 aromatic carbocycles. The van der Waals surface area contributed by atoms with Gasteiger partial charge in [-0.1, -0.05) is 38.1 Å². The molecule has 1 N–H and O–H groups in total. The minimum Gasteiger partial charge on any atom is -0.308 e. The van der Waals surface area contributed by atoms with E-state index < -0.39 is 9.84 Å². The highest BCUT2D eigenvalue weighted by atomic mass is 32.2. The van der Waals surface area contributed by atoms with Gasteiger partial charge in [0.05, 0.1) is 11.0 Å². The van der Waals surface area contributed by atoms with Crippen molar-refractivity contribution in [2.75, 3.05) is 12.3 Å². The van der Waals surface area contributed by atoms with Crippen LogP contribution in [0.15, 0.2) is 24.3 Å². The van der Waals surface area contributed by atoms with Crippen LogP contribution >= 0.6 is 0 Å². The maximum Gasteiger partial charge on any atom is 0.156 e. The summed E-state index contributed by atoms with van der Waals surface area (Å²) in [6.07, 6.45) is 1.06. The van der Waals surface area contributed by atoms with Crippen LogP contribution in [0.1, 0.15) is 37.9 Å². The van der Waals surface area contributed by atoms with E-state index in [4.69, 9.17) is 0 Å². The Morgan fingerprint density at radius 1 is 1.26 bits per heavy atom. The number of hydrogen-bond donors (Lipinski definition) is 1. The molecule has 2 atom stereocenters. The van der Waals surface area contributed by atoms with Crippen molar-refractivity contribution in [3.63, 3.8) is 0 Å². The van der Waals surface area contributed by atoms with Gasteiger partial charge in [0.15, 0.2) is 9.84 Å². The van der Waals surface area contributed by atoms with E-state index in [1.807, 2.05) is 0 Å². The predicted octanol–water partition coefficient (Wildman–Crippen LogP) is 2.33. The molecule has 1 aliphatic rings. The zero-order valence-corrected chi connectivity index (χ0v) is 12.7. The van der Waals surface area contributed by atoms with E-state index >= 15 is 0 Å². The van der Waals surface area contributed by atoms with Gasteiger partial charge in [0.1, 0.15) is 0 Å². The first-order valence-corrected chi connectivity index (χ1v) is 8.64. The van der Waals surface area contributed by atoms with Gasteiger partial charge in [-0.05, 0) is 30.4 Å². The van der Waals surface area contributed by atoms with Crippen LogP contribution in [-0.2, 0) is 16.3 Å². The van der Waals surface area contributed by atoms with Gasteiger partial charge >= 0.3 is 0 Å². The maximum atomic E-state index is 11.9. The fourth-order valence-electron chi connectivity index (χ4n) is 2.46. The quantitative estimate of drug-likeness (QED) is 0.925. The molecule has 0 aromatic heterocycles. The highest BCUT2D eigenvalue weighted by molar-refractivity contribution is 7.92. The van der Waals surface area contributed by atoms with E-state index in [0.29, 0.717) is 12.5 Å². The molecule has 0 bridgehead atoms. The maximum absolute atomic E-state index is 11.9. The summed E-state index contributed by atoms with van der Waals surface area (Å²) in [7, 11) is -2.95. The van der Waals surface area contributed by atoms with Crippen LogP contribution in [-0.4, -0.2) is 26.0 Å². The molecule has 0 spiro atoms. The lowest BCUT2D eigenvalue weighted by atomic mass is 10.00. The summed E-state index contributed by atoms with van der Waals surface area (Å²) in [4.78, 5) is 0. The van der Waals surface area contributed by atoms with Gasteiger partial charge in [0.2, 0.25) is 0 Å². The molecule has 0 aliphatic carbocycles. The zero-order valence-electron chi connectivity index (χ0n) is 11.9. The Hall–Kier alpha value is -0.870. The average molecular weight is 281 g/mol. The first-order chi connectivity index (χ1) is 8.88. The molecule has 4 heteroatoms. The van der Waals surface area contributed by atoms with Crippen LogP contribution in [0.4, 0.5) is 0 Å². The average Bonchev–Trinajstić information content (AvgIpc) is 2.33. The molecular formula is C15H23NO2S. The molecule has 1 fully saturated rings. The van der Waals surface area contributed by atoms with Crippen LogP contribution in [0.5, 0.6) is 0 Å². The normalized spacial score (nSPS) is 26.5. The summed E-state index contributed by atoms with van der Waals surface area (Å²) >= 11 is 0. The molecule has 0 radical (unpaired) electrons. The third kappa shape index (κ3) is 3.57. The number of hydrogen-bond acceptors (Lipinski definition) is 3. The lowest BCUT2D eigenvalue weighted by molar-refractivity contribution is 0.502. The van der Waals surface area contributed by atoms with E-state index in [-0.39, 0.29) is 17.0 Å². The van der Waals surface area contributed by atoms with Gasteiger partial charge in [-0.25, -0.2) is 8.42 Å². The van der Waals surface area contributed by atoms with E-state index in [0.717, 1.165) is 12.0 Å². The summed E-state index contributed by atoms with van der Waals surface area (Å²) in [6, 6.07) is 8.28. The van der Waals surface area contributed by atoms with Crippen molar-refractivity contribution in [1.29, 1.82) is 0 Å². The number of nitrogens with one attached hydrogen (secondary N) is 1. The van der Waals surface area contributed by atoms with Gasteiger partial charge in [-0.3, -0.25) is 0 Å². The molecule has 2 rings (SSSR count). The van der Waals surface area contributed by atoms with Crippen molar-refractivity contribution >= 4 is 9.84 Å². The zero-order chi connectivity index (χ0) is 14.0. The van der Waals surface area contributed by atoms with Gasteiger partial charge in [-0.2, -0.15) is 0 Å². The van der Waals surface area contributed by atoms with Gasteiger partial charge in [0, 0.05) is 12.6 Å². The second-order valence-electron chi connectivity index (χ2n) is 5.94. The lowest BCUT2D eigenvalue weighted by Gasteiger charge is -2.28. The van der Waals surface area contributed by atoms with Crippen LogP contribution in [0.25, 0.3) is 0 Å². The van der Waals surface area contributed by atoms with E-state index in [9.17, 15) is 8.42 Å². The minimum atomic E-state index is -2.95. The third-order valence-corrected chi connectivity index (χ3v) is 5.88. The van der Waals surface area contributed by atoms with E-state index in [1.165, 1.54) is 5.56 Å². The lowest BCUT2D eigenvalue weighted by Crippen LogP contribution is -2.44. The van der Waals surface area contributed by atoms with Crippen LogP contribution in [0.2, 0.25) is 0 Å². The van der Waals surface area contributed by atoms with Crippen LogP contribution < -0.4 is 5.32 Å². The fraction of sp³-hybridized carbons (Fsp3) is 0.600. The molecule has 106 valence electrons. The van der Waals surface area contributed by atoms with E-state index in [1.54, 1.807) is 6.92 Å². The Bertz CT molecular complexity index is 520. The molecule has 2 unspecified atom stereocenters. The molecule has 1 aliphatic heterocycles. The summed E-state index contributed by atoms with van der Waals surface area (Å²) < 4.78 is 23.9. The number of sulfone groups is 1. The highest BCUT2D eigenvalue weighted by Gasteiger charge is 2.31. The first-order valence-electron chi connectivity index (χ1n) is 6.92. The Morgan fingerprint density at radius 2 is 1.89 bits per heavy atom. The van der Waals surface area contributed by atoms with Gasteiger partial charge in [-0.15, -0.1) is 0 Å². The van der Waals surface area contributed by atoms with Crippen molar-refractivity contribution in [3.05, 3.63) is 35.4 Å². The molecule has 0 saturated carbocycles. The monoisotopic (exact) mass is 281 g/mol. The molecular weight excluding hydrogens is 258 g/mol. The van der Waals surface area contributed by atoms with Crippen LogP contribution in [0, 0.1) is 5.92 Å². The van der Waals surface area contributed by atoms with Crippen molar-refractivity contribution in [2.45, 2.75) is 38.5 Å². The highest BCUT2D eigenvalue weighted by Crippen LogP contribution is 2.22. The molecule has 19 heavy (non-hydrogen) atoms. The van der Waals surface area contributed by atoms with Crippen molar-refractivity contribution in [1.82, 2.24) is 5.32 Å². The van der Waals surface area contributed by atoms with Crippen molar-refractivity contribution in [2.24, 2.45) is 5.92 Å². The SMILES string of the molecule is CC(C)Cc1ccc(C2CS(=O)(=O)C(C)CN2)cc1. The topological polar surface area (TPSA) is 46.2 Å². The van der Waals surface area contributed by atoms with Gasteiger partial charge < -0.3 is 5.32 Å². The second-order valence-corrected chi connectivity index (χ2v) is 8.40. The number of benzene rings is 1. The molecule has 3 nitrogen and oxygen atoms in total. The van der Waals surface area contributed by atoms with Crippen LogP contribution in [0.3, 0.4) is 0 Å². The minimum absolute atomic E-state index is 0.0608. The first kappa shape index (κ1) is 14.5. The Labute approximate surface area is 116 Å². The Balaban J connectivity index is 2.11. The molecule has 0 amide bonds. The predicted molar refractivity (Wildman–Crippen MR) is 79.0 cm³/mol.